The van der Waals surface area contributed by atoms with E-state index in [4.69, 9.17) is 4.74 Å². The number of anilines is 1. The molecule has 0 unspecified atom stereocenters. The first kappa shape index (κ1) is 21.1. The second-order valence-corrected chi connectivity index (χ2v) is 8.04. The second-order valence-electron chi connectivity index (χ2n) is 8.04. The summed E-state index contributed by atoms with van der Waals surface area (Å²) in [6, 6.07) is 19.2. The molecule has 0 spiro atoms. The normalized spacial score (nSPS) is 14.3. The van der Waals surface area contributed by atoms with Crippen molar-refractivity contribution in [3.8, 4) is 5.75 Å². The van der Waals surface area contributed by atoms with E-state index in [2.05, 4.69) is 24.3 Å². The first-order chi connectivity index (χ1) is 15.0. The highest BCUT2D eigenvalue weighted by Crippen LogP contribution is 2.23. The number of fused-ring (bicyclic) bond motifs is 1. The van der Waals surface area contributed by atoms with E-state index in [-0.39, 0.29) is 11.7 Å². The van der Waals surface area contributed by atoms with Crippen molar-refractivity contribution >= 4 is 22.4 Å². The molecule has 0 bridgehead atoms. The Labute approximate surface area is 182 Å². The van der Waals surface area contributed by atoms with Gasteiger partial charge in [0.1, 0.15) is 11.6 Å². The lowest BCUT2D eigenvalue weighted by molar-refractivity contribution is -0.132. The predicted molar refractivity (Wildman–Crippen MR) is 122 cm³/mol. The summed E-state index contributed by atoms with van der Waals surface area (Å²) in [5, 5.41) is 2.29. The molecule has 3 aromatic carbocycles. The molecule has 0 aliphatic carbocycles. The van der Waals surface area contributed by atoms with Gasteiger partial charge in [-0.05, 0) is 53.7 Å². The predicted octanol–water partition coefficient (Wildman–Crippen LogP) is 3.77. The number of hydrogen-bond acceptors (Lipinski definition) is 4. The highest BCUT2D eigenvalue weighted by atomic mass is 19.1. The van der Waals surface area contributed by atoms with E-state index in [1.54, 1.807) is 19.2 Å². The van der Waals surface area contributed by atoms with Gasteiger partial charge in [-0.15, -0.1) is 0 Å². The van der Waals surface area contributed by atoms with Crippen molar-refractivity contribution in [2.45, 2.75) is 6.54 Å². The summed E-state index contributed by atoms with van der Waals surface area (Å²) in [5.74, 6) is 0.745. The summed E-state index contributed by atoms with van der Waals surface area (Å²) in [4.78, 5) is 18.7. The van der Waals surface area contributed by atoms with Crippen LogP contribution in [0.15, 0.2) is 60.7 Å². The van der Waals surface area contributed by atoms with Crippen LogP contribution < -0.4 is 9.64 Å². The lowest BCUT2D eigenvalue weighted by atomic mass is 10.1. The van der Waals surface area contributed by atoms with Gasteiger partial charge < -0.3 is 14.5 Å². The number of piperazine rings is 1. The molecule has 0 saturated carbocycles. The number of carbonyl (C=O) groups is 1. The van der Waals surface area contributed by atoms with Crippen LogP contribution in [0.2, 0.25) is 0 Å². The van der Waals surface area contributed by atoms with Gasteiger partial charge in [0, 0.05) is 32.7 Å². The van der Waals surface area contributed by atoms with Gasteiger partial charge in [-0.3, -0.25) is 9.69 Å². The van der Waals surface area contributed by atoms with Gasteiger partial charge in [0.15, 0.2) is 0 Å². The van der Waals surface area contributed by atoms with Crippen LogP contribution in [0.3, 0.4) is 0 Å². The minimum atomic E-state index is -0.212. The lowest BCUT2D eigenvalue weighted by Gasteiger charge is -2.36. The smallest absolute Gasteiger partial charge is 0.236 e. The summed E-state index contributed by atoms with van der Waals surface area (Å²) in [6.07, 6.45) is 0. The molecule has 0 radical (unpaired) electrons. The Hall–Kier alpha value is -3.12. The number of nitrogens with zero attached hydrogens (tertiary/aromatic N) is 3. The average molecular weight is 422 g/mol. The number of amides is 1. The molecule has 3 aromatic rings. The van der Waals surface area contributed by atoms with Gasteiger partial charge >= 0.3 is 0 Å². The van der Waals surface area contributed by atoms with Crippen molar-refractivity contribution in [2.24, 2.45) is 0 Å². The van der Waals surface area contributed by atoms with Crippen LogP contribution in [0.5, 0.6) is 5.75 Å². The summed E-state index contributed by atoms with van der Waals surface area (Å²) in [6.45, 7) is 3.57. The average Bonchev–Trinajstić information content (AvgIpc) is 2.79. The van der Waals surface area contributed by atoms with Crippen molar-refractivity contribution in [2.75, 3.05) is 51.8 Å². The van der Waals surface area contributed by atoms with E-state index in [0.717, 1.165) is 22.1 Å². The standard InChI is InChI=1S/C25H28FN3O2/c1-27(17-19-7-8-21-16-22(31-2)10-9-20(21)15-19)18-25(30)29-13-11-28(12-14-29)24-6-4-3-5-23(24)26/h3-10,15-16H,11-14,17-18H2,1-2H3. The molecule has 4 rings (SSSR count). The number of halogens is 1. The molecule has 1 saturated heterocycles. The molecule has 0 N–H and O–H groups in total. The highest BCUT2D eigenvalue weighted by molar-refractivity contribution is 5.84. The van der Waals surface area contributed by atoms with Crippen LogP contribution in [-0.2, 0) is 11.3 Å². The van der Waals surface area contributed by atoms with Gasteiger partial charge in [0.2, 0.25) is 5.91 Å². The first-order valence-electron chi connectivity index (χ1n) is 10.6. The van der Waals surface area contributed by atoms with Crippen molar-refractivity contribution in [3.05, 3.63) is 72.0 Å². The minimum Gasteiger partial charge on any atom is -0.497 e. The van der Waals surface area contributed by atoms with Crippen molar-refractivity contribution in [3.63, 3.8) is 0 Å². The number of ether oxygens (including phenoxy) is 1. The zero-order valence-electron chi connectivity index (χ0n) is 18.1. The third-order valence-electron chi connectivity index (χ3n) is 5.80. The van der Waals surface area contributed by atoms with E-state index in [0.29, 0.717) is 45.0 Å². The summed E-state index contributed by atoms with van der Waals surface area (Å²) in [7, 11) is 3.63. The van der Waals surface area contributed by atoms with Gasteiger partial charge in [-0.1, -0.05) is 30.3 Å². The maximum absolute atomic E-state index is 14.0. The molecule has 31 heavy (non-hydrogen) atoms. The maximum Gasteiger partial charge on any atom is 0.236 e. The summed E-state index contributed by atoms with van der Waals surface area (Å²) in [5.41, 5.74) is 1.78. The number of likely N-dealkylation sites (N-methyl/N-ethyl adjacent to an activating group) is 1. The number of hydrogen-bond donors (Lipinski definition) is 0. The number of benzene rings is 3. The fraction of sp³-hybridized carbons (Fsp3) is 0.320. The summed E-state index contributed by atoms with van der Waals surface area (Å²) < 4.78 is 19.3. The number of methoxy groups -OCH3 is 1. The van der Waals surface area contributed by atoms with E-state index in [9.17, 15) is 9.18 Å². The van der Waals surface area contributed by atoms with Crippen molar-refractivity contribution < 1.29 is 13.9 Å². The second kappa shape index (κ2) is 9.35. The fourth-order valence-electron chi connectivity index (χ4n) is 4.10. The fourth-order valence-corrected chi connectivity index (χ4v) is 4.10. The van der Waals surface area contributed by atoms with Crippen molar-refractivity contribution in [1.82, 2.24) is 9.80 Å². The van der Waals surface area contributed by atoms with Crippen LogP contribution in [-0.4, -0.2) is 62.6 Å². The Morgan fingerprint density at radius 2 is 1.71 bits per heavy atom. The Morgan fingerprint density at radius 1 is 1.00 bits per heavy atom. The molecule has 6 heteroatoms. The van der Waals surface area contributed by atoms with Gasteiger partial charge in [0.05, 0.1) is 19.3 Å². The number of rotatable bonds is 6. The Morgan fingerprint density at radius 3 is 2.45 bits per heavy atom. The molecule has 5 nitrogen and oxygen atoms in total. The Balaban J connectivity index is 1.31. The Kier molecular flexibility index (Phi) is 6.37. The largest absolute Gasteiger partial charge is 0.497 e. The first-order valence-corrected chi connectivity index (χ1v) is 10.6. The minimum absolute atomic E-state index is 0.112. The number of carbonyl (C=O) groups excluding carboxylic acids is 1. The molecule has 0 aromatic heterocycles. The molecule has 0 atom stereocenters. The third-order valence-corrected chi connectivity index (χ3v) is 5.80. The summed E-state index contributed by atoms with van der Waals surface area (Å²) >= 11 is 0. The highest BCUT2D eigenvalue weighted by Gasteiger charge is 2.23. The number of para-hydroxylation sites is 1. The molecule has 162 valence electrons. The van der Waals surface area contributed by atoms with E-state index < -0.39 is 0 Å². The molecular formula is C25H28FN3O2. The quantitative estimate of drug-likeness (QED) is 0.607. The topological polar surface area (TPSA) is 36.0 Å². The third kappa shape index (κ3) is 4.97. The van der Waals surface area contributed by atoms with Crippen LogP contribution in [0.25, 0.3) is 10.8 Å². The van der Waals surface area contributed by atoms with E-state index >= 15 is 0 Å². The molecule has 1 heterocycles. The van der Waals surface area contributed by atoms with Crippen LogP contribution in [0.4, 0.5) is 10.1 Å². The monoisotopic (exact) mass is 421 g/mol. The zero-order valence-corrected chi connectivity index (χ0v) is 18.1. The van der Waals surface area contributed by atoms with Crippen LogP contribution in [0, 0.1) is 5.82 Å². The molecule has 1 aliphatic heterocycles. The SMILES string of the molecule is COc1ccc2cc(CN(C)CC(=O)N3CCN(c4ccccc4F)CC3)ccc2c1. The van der Waals surface area contributed by atoms with Gasteiger partial charge in [-0.25, -0.2) is 4.39 Å². The Bertz CT molecular complexity index is 1060. The molecular weight excluding hydrogens is 393 g/mol. The van der Waals surface area contributed by atoms with E-state index in [1.807, 2.05) is 39.9 Å². The van der Waals surface area contributed by atoms with Crippen LogP contribution in [0.1, 0.15) is 5.56 Å². The molecule has 1 aliphatic rings. The van der Waals surface area contributed by atoms with Gasteiger partial charge in [0.25, 0.3) is 0 Å². The lowest BCUT2D eigenvalue weighted by Crippen LogP contribution is -2.51. The van der Waals surface area contributed by atoms with Crippen LogP contribution >= 0.6 is 0 Å². The van der Waals surface area contributed by atoms with Crippen molar-refractivity contribution in [1.29, 1.82) is 0 Å². The van der Waals surface area contributed by atoms with Gasteiger partial charge in [-0.2, -0.15) is 0 Å². The molecule has 1 fully saturated rings. The maximum atomic E-state index is 14.0. The molecule has 1 amide bonds. The zero-order chi connectivity index (χ0) is 21.8. The van der Waals surface area contributed by atoms with E-state index in [1.165, 1.54) is 6.07 Å².